The SMILES string of the molecule is O=C([C@H]1C[C@H]2CC[C@H]1O2)N1CCc2cc(Cl)cc(Cl)c2C1. The van der Waals surface area contributed by atoms with Crippen LogP contribution in [0.1, 0.15) is 30.4 Å². The van der Waals surface area contributed by atoms with Crippen LogP contribution in [0.5, 0.6) is 0 Å². The van der Waals surface area contributed by atoms with Crippen molar-refractivity contribution < 1.29 is 9.53 Å². The van der Waals surface area contributed by atoms with E-state index in [-0.39, 0.29) is 17.9 Å². The van der Waals surface area contributed by atoms with E-state index in [4.69, 9.17) is 27.9 Å². The highest BCUT2D eigenvalue weighted by molar-refractivity contribution is 6.35. The Morgan fingerprint density at radius 1 is 1.29 bits per heavy atom. The molecule has 0 aliphatic carbocycles. The van der Waals surface area contributed by atoms with E-state index in [0.29, 0.717) is 22.7 Å². The summed E-state index contributed by atoms with van der Waals surface area (Å²) in [5, 5.41) is 1.33. The molecule has 0 unspecified atom stereocenters. The van der Waals surface area contributed by atoms with Crippen LogP contribution in [0.4, 0.5) is 0 Å². The molecule has 112 valence electrons. The Balaban J connectivity index is 1.54. The smallest absolute Gasteiger partial charge is 0.228 e. The maximum absolute atomic E-state index is 12.8. The molecule has 5 heteroatoms. The number of hydrogen-bond acceptors (Lipinski definition) is 2. The molecule has 0 saturated carbocycles. The molecule has 1 amide bonds. The fourth-order valence-electron chi connectivity index (χ4n) is 3.90. The molecule has 1 aromatic rings. The van der Waals surface area contributed by atoms with Gasteiger partial charge in [0, 0.05) is 23.1 Å². The van der Waals surface area contributed by atoms with Crippen LogP contribution in [0.25, 0.3) is 0 Å². The highest BCUT2D eigenvalue weighted by atomic mass is 35.5. The minimum atomic E-state index is 0.0522. The van der Waals surface area contributed by atoms with E-state index in [1.807, 2.05) is 11.0 Å². The van der Waals surface area contributed by atoms with E-state index < -0.39 is 0 Å². The first-order chi connectivity index (χ1) is 10.1. The summed E-state index contributed by atoms with van der Waals surface area (Å²) in [6, 6.07) is 3.72. The van der Waals surface area contributed by atoms with Crippen LogP contribution < -0.4 is 0 Å². The van der Waals surface area contributed by atoms with E-state index in [9.17, 15) is 4.79 Å². The van der Waals surface area contributed by atoms with Crippen molar-refractivity contribution in [2.24, 2.45) is 5.92 Å². The lowest BCUT2D eigenvalue weighted by atomic mass is 9.87. The van der Waals surface area contributed by atoms with Crippen molar-refractivity contribution in [2.75, 3.05) is 6.54 Å². The van der Waals surface area contributed by atoms with Gasteiger partial charge in [0.1, 0.15) is 0 Å². The number of hydrogen-bond donors (Lipinski definition) is 0. The first-order valence-electron chi connectivity index (χ1n) is 7.53. The van der Waals surface area contributed by atoms with Gasteiger partial charge in [0.2, 0.25) is 5.91 Å². The van der Waals surface area contributed by atoms with E-state index in [0.717, 1.165) is 37.8 Å². The van der Waals surface area contributed by atoms with Gasteiger partial charge in [-0.25, -0.2) is 0 Å². The van der Waals surface area contributed by atoms with Gasteiger partial charge >= 0.3 is 0 Å². The molecule has 3 atom stereocenters. The zero-order valence-electron chi connectivity index (χ0n) is 11.6. The van der Waals surface area contributed by atoms with Crippen LogP contribution in [-0.4, -0.2) is 29.6 Å². The standard InChI is InChI=1S/C16H17Cl2NO2/c17-10-5-9-3-4-19(8-13(9)14(18)6-10)16(20)12-7-11-1-2-15(12)21-11/h5-6,11-12,15H,1-4,7-8H2/t11-,12+,15-/m1/s1. The fourth-order valence-corrected chi connectivity index (χ4v) is 4.50. The first kappa shape index (κ1) is 13.9. The second kappa shape index (κ2) is 5.15. The van der Waals surface area contributed by atoms with Crippen LogP contribution in [0.2, 0.25) is 10.0 Å². The molecule has 0 N–H and O–H groups in total. The topological polar surface area (TPSA) is 29.5 Å². The Bertz CT molecular complexity index is 604. The molecule has 0 spiro atoms. The van der Waals surface area contributed by atoms with E-state index in [1.54, 1.807) is 6.07 Å². The Labute approximate surface area is 134 Å². The van der Waals surface area contributed by atoms with Gasteiger partial charge in [-0.15, -0.1) is 0 Å². The van der Waals surface area contributed by atoms with E-state index in [2.05, 4.69) is 0 Å². The van der Waals surface area contributed by atoms with Gasteiger partial charge < -0.3 is 9.64 Å². The number of carbonyl (C=O) groups is 1. The van der Waals surface area contributed by atoms with Crippen molar-refractivity contribution in [1.82, 2.24) is 4.90 Å². The number of carbonyl (C=O) groups excluding carboxylic acids is 1. The van der Waals surface area contributed by atoms with Gasteiger partial charge in [0.15, 0.2) is 0 Å². The van der Waals surface area contributed by atoms with Gasteiger partial charge in [-0.3, -0.25) is 4.79 Å². The number of halogens is 2. The third-order valence-corrected chi connectivity index (χ3v) is 5.54. The molecule has 0 aromatic heterocycles. The monoisotopic (exact) mass is 325 g/mol. The predicted molar refractivity (Wildman–Crippen MR) is 81.6 cm³/mol. The molecule has 3 aliphatic rings. The summed E-state index contributed by atoms with van der Waals surface area (Å²) in [5.41, 5.74) is 2.21. The summed E-state index contributed by atoms with van der Waals surface area (Å²) in [4.78, 5) is 14.7. The number of benzene rings is 1. The minimum absolute atomic E-state index is 0.0522. The van der Waals surface area contributed by atoms with Crippen LogP contribution >= 0.6 is 23.2 Å². The molecule has 3 heterocycles. The summed E-state index contributed by atoms with van der Waals surface area (Å²) in [6.45, 7) is 1.34. The normalized spacial score (nSPS) is 30.6. The zero-order valence-corrected chi connectivity index (χ0v) is 13.2. The van der Waals surface area contributed by atoms with Gasteiger partial charge in [0.05, 0.1) is 18.1 Å². The molecule has 1 aromatic carbocycles. The van der Waals surface area contributed by atoms with Crippen LogP contribution in [0, 0.1) is 5.92 Å². The third kappa shape index (κ3) is 2.36. The zero-order chi connectivity index (χ0) is 14.6. The van der Waals surface area contributed by atoms with Gasteiger partial charge in [-0.1, -0.05) is 23.2 Å². The maximum atomic E-state index is 12.8. The molecule has 0 radical (unpaired) electrons. The summed E-state index contributed by atoms with van der Waals surface area (Å²) >= 11 is 12.3. The van der Waals surface area contributed by atoms with Crippen molar-refractivity contribution in [3.05, 3.63) is 33.3 Å². The van der Waals surface area contributed by atoms with Crippen molar-refractivity contribution in [1.29, 1.82) is 0 Å². The average Bonchev–Trinajstić information content (AvgIpc) is 3.08. The van der Waals surface area contributed by atoms with Gasteiger partial charge in [-0.05, 0) is 48.9 Å². The molecular weight excluding hydrogens is 309 g/mol. The third-order valence-electron chi connectivity index (χ3n) is 4.99. The maximum Gasteiger partial charge on any atom is 0.228 e. The number of ether oxygens (including phenoxy) is 1. The van der Waals surface area contributed by atoms with Crippen molar-refractivity contribution in [2.45, 2.75) is 44.4 Å². The van der Waals surface area contributed by atoms with E-state index in [1.165, 1.54) is 5.56 Å². The Hall–Kier alpha value is -0.770. The molecule has 2 fully saturated rings. The average molecular weight is 326 g/mol. The quantitative estimate of drug-likeness (QED) is 0.791. The Morgan fingerprint density at radius 3 is 2.86 bits per heavy atom. The van der Waals surface area contributed by atoms with Crippen molar-refractivity contribution in [3.63, 3.8) is 0 Å². The first-order valence-corrected chi connectivity index (χ1v) is 8.28. The summed E-state index contributed by atoms with van der Waals surface area (Å²) in [7, 11) is 0. The number of fused-ring (bicyclic) bond motifs is 3. The number of amides is 1. The summed E-state index contributed by atoms with van der Waals surface area (Å²) in [5.74, 6) is 0.287. The van der Waals surface area contributed by atoms with E-state index >= 15 is 0 Å². The second-order valence-corrected chi connectivity index (χ2v) is 7.09. The number of nitrogens with zero attached hydrogens (tertiary/aromatic N) is 1. The molecule has 2 saturated heterocycles. The largest absolute Gasteiger partial charge is 0.374 e. The van der Waals surface area contributed by atoms with Gasteiger partial charge in [-0.2, -0.15) is 0 Å². The lowest BCUT2D eigenvalue weighted by Crippen LogP contribution is -2.42. The lowest BCUT2D eigenvalue weighted by molar-refractivity contribution is -0.138. The summed E-state index contributed by atoms with van der Waals surface area (Å²) in [6.07, 6.45) is 4.31. The Kier molecular flexibility index (Phi) is 3.40. The molecule has 2 bridgehead atoms. The highest BCUT2D eigenvalue weighted by Gasteiger charge is 2.46. The van der Waals surface area contributed by atoms with Crippen molar-refractivity contribution in [3.8, 4) is 0 Å². The Morgan fingerprint density at radius 2 is 2.14 bits per heavy atom. The van der Waals surface area contributed by atoms with Crippen LogP contribution in [0.3, 0.4) is 0 Å². The minimum Gasteiger partial charge on any atom is -0.374 e. The summed E-state index contributed by atoms with van der Waals surface area (Å²) < 4.78 is 5.81. The molecule has 3 aliphatic heterocycles. The van der Waals surface area contributed by atoms with Gasteiger partial charge in [0.25, 0.3) is 0 Å². The second-order valence-electron chi connectivity index (χ2n) is 6.25. The fraction of sp³-hybridized carbons (Fsp3) is 0.562. The molecule has 21 heavy (non-hydrogen) atoms. The van der Waals surface area contributed by atoms with Crippen molar-refractivity contribution >= 4 is 29.1 Å². The molecular formula is C16H17Cl2NO2. The number of rotatable bonds is 1. The highest BCUT2D eigenvalue weighted by Crippen LogP contribution is 2.40. The van der Waals surface area contributed by atoms with Crippen LogP contribution in [-0.2, 0) is 22.5 Å². The lowest BCUT2D eigenvalue weighted by Gasteiger charge is -2.33. The molecule has 4 rings (SSSR count). The van der Waals surface area contributed by atoms with Crippen LogP contribution in [0.15, 0.2) is 12.1 Å². The molecule has 3 nitrogen and oxygen atoms in total. The predicted octanol–water partition coefficient (Wildman–Crippen LogP) is 3.45.